The van der Waals surface area contributed by atoms with Gasteiger partial charge in [-0.05, 0) is 33.6 Å². The number of H-pyrrole nitrogens is 1. The standard InChI is InChI=1S/C20H27N5O4/c1-19(2,3)29-18(26)23-10-20(5-6-20)11-28-14-9-22-12-4-7-27-17(12)16(14)13-8-15(21)25-24-13/h8-9H,4-7,10-11H2,1-3H3,(H,23,26)(H3,21,24,25). The molecule has 3 heterocycles. The van der Waals surface area contributed by atoms with Crippen LogP contribution in [-0.2, 0) is 11.2 Å². The Balaban J connectivity index is 1.46. The van der Waals surface area contributed by atoms with Gasteiger partial charge in [0.15, 0.2) is 11.5 Å². The Morgan fingerprint density at radius 2 is 2.21 bits per heavy atom. The number of carbonyl (C=O) groups excluding carboxylic acids is 1. The Labute approximate surface area is 169 Å². The zero-order chi connectivity index (χ0) is 20.6. The lowest BCUT2D eigenvalue weighted by atomic mass is 10.1. The van der Waals surface area contributed by atoms with Crippen LogP contribution in [0.1, 0.15) is 39.3 Å². The third kappa shape index (κ3) is 4.38. The quantitative estimate of drug-likeness (QED) is 0.679. The average molecular weight is 401 g/mol. The Kier molecular flexibility index (Phi) is 4.76. The zero-order valence-corrected chi connectivity index (χ0v) is 17.0. The highest BCUT2D eigenvalue weighted by Crippen LogP contribution is 2.47. The molecule has 0 radical (unpaired) electrons. The summed E-state index contributed by atoms with van der Waals surface area (Å²) in [5, 5.41) is 9.80. The van der Waals surface area contributed by atoms with Crippen molar-refractivity contribution < 1.29 is 19.0 Å². The van der Waals surface area contributed by atoms with Crippen LogP contribution in [0.4, 0.5) is 10.6 Å². The number of nitrogens with two attached hydrogens (primary N) is 1. The van der Waals surface area contributed by atoms with Gasteiger partial charge in [-0.3, -0.25) is 10.1 Å². The number of nitrogen functional groups attached to an aromatic ring is 1. The minimum absolute atomic E-state index is 0.0962. The van der Waals surface area contributed by atoms with Gasteiger partial charge in [-0.1, -0.05) is 0 Å². The molecule has 4 rings (SSSR count). The molecular formula is C20H27N5O4. The van der Waals surface area contributed by atoms with Gasteiger partial charge in [-0.2, -0.15) is 5.10 Å². The Hall–Kier alpha value is -2.97. The van der Waals surface area contributed by atoms with E-state index in [-0.39, 0.29) is 5.41 Å². The van der Waals surface area contributed by atoms with Crippen LogP contribution in [0.15, 0.2) is 12.3 Å². The first-order valence-corrected chi connectivity index (χ1v) is 9.80. The number of hydrogen-bond acceptors (Lipinski definition) is 7. The number of amides is 1. The number of ether oxygens (including phenoxy) is 3. The molecule has 2 aromatic heterocycles. The summed E-state index contributed by atoms with van der Waals surface area (Å²) in [6.07, 6.45) is 4.02. The third-order valence-electron chi connectivity index (χ3n) is 5.02. The van der Waals surface area contributed by atoms with Gasteiger partial charge in [-0.25, -0.2) is 4.79 Å². The number of hydrogen-bond donors (Lipinski definition) is 3. The summed E-state index contributed by atoms with van der Waals surface area (Å²) in [5.74, 6) is 1.72. The lowest BCUT2D eigenvalue weighted by molar-refractivity contribution is 0.0509. The maximum absolute atomic E-state index is 12.0. The molecule has 1 aliphatic carbocycles. The van der Waals surface area contributed by atoms with Crippen LogP contribution in [0, 0.1) is 5.41 Å². The Morgan fingerprint density at radius 1 is 1.41 bits per heavy atom. The lowest BCUT2D eigenvalue weighted by Crippen LogP contribution is -2.37. The molecule has 2 aromatic rings. The minimum Gasteiger partial charge on any atom is -0.490 e. The van der Waals surface area contributed by atoms with E-state index in [1.165, 1.54) is 0 Å². The monoisotopic (exact) mass is 401 g/mol. The van der Waals surface area contributed by atoms with E-state index in [1.54, 1.807) is 12.3 Å². The number of pyridine rings is 1. The molecule has 0 aromatic carbocycles. The molecule has 29 heavy (non-hydrogen) atoms. The Morgan fingerprint density at radius 3 is 2.86 bits per heavy atom. The maximum atomic E-state index is 12.0. The third-order valence-corrected chi connectivity index (χ3v) is 5.02. The van der Waals surface area contributed by atoms with Crippen molar-refractivity contribution in [1.29, 1.82) is 0 Å². The highest BCUT2D eigenvalue weighted by atomic mass is 16.6. The van der Waals surface area contributed by atoms with E-state index in [1.807, 2.05) is 20.8 Å². The van der Waals surface area contributed by atoms with E-state index >= 15 is 0 Å². The van der Waals surface area contributed by atoms with E-state index < -0.39 is 11.7 Å². The fourth-order valence-corrected chi connectivity index (χ4v) is 3.28. The second kappa shape index (κ2) is 7.13. The zero-order valence-electron chi connectivity index (χ0n) is 17.0. The van der Waals surface area contributed by atoms with Crippen molar-refractivity contribution in [2.24, 2.45) is 5.41 Å². The summed E-state index contributed by atoms with van der Waals surface area (Å²) in [6.45, 7) is 7.08. The van der Waals surface area contributed by atoms with Crippen molar-refractivity contribution in [3.05, 3.63) is 18.0 Å². The normalized spacial score (nSPS) is 16.7. The largest absolute Gasteiger partial charge is 0.490 e. The molecule has 9 nitrogen and oxygen atoms in total. The molecule has 0 atom stereocenters. The van der Waals surface area contributed by atoms with Crippen LogP contribution in [0.5, 0.6) is 11.5 Å². The minimum atomic E-state index is -0.520. The van der Waals surface area contributed by atoms with E-state index in [9.17, 15) is 4.79 Å². The summed E-state index contributed by atoms with van der Waals surface area (Å²) >= 11 is 0. The number of rotatable bonds is 6. The highest BCUT2D eigenvalue weighted by molar-refractivity contribution is 5.76. The number of nitrogens with one attached hydrogen (secondary N) is 2. The molecule has 4 N–H and O–H groups in total. The number of fused-ring (bicyclic) bond motifs is 1. The molecule has 1 aliphatic heterocycles. The van der Waals surface area contributed by atoms with Crippen LogP contribution < -0.4 is 20.5 Å². The molecule has 156 valence electrons. The SMILES string of the molecule is CC(C)(C)OC(=O)NCC1(COc2cnc3c(c2-c2cc(N)n[nH]2)OCC3)CC1. The number of aromatic nitrogens is 3. The van der Waals surface area contributed by atoms with Gasteiger partial charge in [0.2, 0.25) is 0 Å². The maximum Gasteiger partial charge on any atom is 0.407 e. The van der Waals surface area contributed by atoms with Crippen molar-refractivity contribution in [1.82, 2.24) is 20.5 Å². The van der Waals surface area contributed by atoms with Crippen molar-refractivity contribution in [3.63, 3.8) is 0 Å². The van der Waals surface area contributed by atoms with Crippen molar-refractivity contribution in [2.45, 2.75) is 45.6 Å². The molecule has 9 heteroatoms. The van der Waals surface area contributed by atoms with E-state index in [0.29, 0.717) is 37.1 Å². The average Bonchev–Trinajstić information content (AvgIpc) is 3.03. The predicted octanol–water partition coefficient (Wildman–Crippen LogP) is 2.67. The summed E-state index contributed by atoms with van der Waals surface area (Å²) in [7, 11) is 0. The number of nitrogens with zero attached hydrogens (tertiary/aromatic N) is 2. The summed E-state index contributed by atoms with van der Waals surface area (Å²) in [4.78, 5) is 16.4. The fraction of sp³-hybridized carbons (Fsp3) is 0.550. The number of aromatic amines is 1. The summed E-state index contributed by atoms with van der Waals surface area (Å²) < 4.78 is 17.3. The molecule has 0 saturated heterocycles. The fourth-order valence-electron chi connectivity index (χ4n) is 3.28. The van der Waals surface area contributed by atoms with Gasteiger partial charge < -0.3 is 25.3 Å². The van der Waals surface area contributed by atoms with Crippen LogP contribution >= 0.6 is 0 Å². The van der Waals surface area contributed by atoms with Gasteiger partial charge in [0.05, 0.1) is 36.4 Å². The number of carbonyl (C=O) groups is 1. The van der Waals surface area contributed by atoms with Crippen molar-refractivity contribution in [2.75, 3.05) is 25.5 Å². The summed E-state index contributed by atoms with van der Waals surface area (Å²) in [5.41, 5.74) is 7.58. The predicted molar refractivity (Wildman–Crippen MR) is 107 cm³/mol. The summed E-state index contributed by atoms with van der Waals surface area (Å²) in [6, 6.07) is 1.75. The molecule has 1 amide bonds. The second-order valence-corrected chi connectivity index (χ2v) is 8.72. The number of alkyl carbamates (subject to hydrolysis) is 1. The second-order valence-electron chi connectivity index (χ2n) is 8.72. The van der Waals surface area contributed by atoms with Gasteiger partial charge in [0, 0.05) is 24.4 Å². The molecular weight excluding hydrogens is 374 g/mol. The first-order chi connectivity index (χ1) is 13.7. The molecule has 0 bridgehead atoms. The van der Waals surface area contributed by atoms with E-state index in [4.69, 9.17) is 19.9 Å². The van der Waals surface area contributed by atoms with E-state index in [0.717, 1.165) is 36.2 Å². The van der Waals surface area contributed by atoms with Crippen LogP contribution in [0.2, 0.25) is 0 Å². The molecule has 1 saturated carbocycles. The Bertz CT molecular complexity index is 914. The van der Waals surface area contributed by atoms with Gasteiger partial charge >= 0.3 is 6.09 Å². The first kappa shape index (κ1) is 19.4. The molecule has 2 aliphatic rings. The van der Waals surface area contributed by atoms with E-state index in [2.05, 4.69) is 20.5 Å². The highest BCUT2D eigenvalue weighted by Gasteiger charge is 2.44. The topological polar surface area (TPSA) is 124 Å². The van der Waals surface area contributed by atoms with Crippen molar-refractivity contribution in [3.8, 4) is 22.8 Å². The molecule has 0 unspecified atom stereocenters. The first-order valence-electron chi connectivity index (χ1n) is 9.80. The van der Waals surface area contributed by atoms with Gasteiger partial charge in [0.1, 0.15) is 11.4 Å². The van der Waals surface area contributed by atoms with Gasteiger partial charge in [-0.15, -0.1) is 0 Å². The van der Waals surface area contributed by atoms with Crippen LogP contribution in [0.25, 0.3) is 11.3 Å². The molecule has 1 fully saturated rings. The molecule has 0 spiro atoms. The van der Waals surface area contributed by atoms with Crippen LogP contribution in [0.3, 0.4) is 0 Å². The van der Waals surface area contributed by atoms with Gasteiger partial charge in [0.25, 0.3) is 0 Å². The smallest absolute Gasteiger partial charge is 0.407 e. The lowest BCUT2D eigenvalue weighted by Gasteiger charge is -2.22. The van der Waals surface area contributed by atoms with Crippen LogP contribution in [-0.4, -0.2) is 46.6 Å². The van der Waals surface area contributed by atoms with Crippen molar-refractivity contribution >= 4 is 11.9 Å². The number of anilines is 1.